The molecule has 3 heteroatoms. The summed E-state index contributed by atoms with van der Waals surface area (Å²) in [5, 5.41) is 8.50. The minimum absolute atomic E-state index is 0.0233. The highest BCUT2D eigenvalue weighted by Crippen LogP contribution is 2.41. The Hall–Kier alpha value is -0.0500. The molecule has 2 nitrogen and oxygen atoms in total. The van der Waals surface area contributed by atoms with E-state index in [-0.39, 0.29) is 16.2 Å². The van der Waals surface area contributed by atoms with Crippen LogP contribution in [0.4, 0.5) is 0 Å². The summed E-state index contributed by atoms with van der Waals surface area (Å²) in [7, 11) is 0. The number of carboxylic acid groups (broad SMARTS) is 1. The summed E-state index contributed by atoms with van der Waals surface area (Å²) in [6.45, 7) is 8.59. The van der Waals surface area contributed by atoms with Gasteiger partial charge in [-0.15, -0.1) is 0 Å². The van der Waals surface area contributed by atoms with Gasteiger partial charge in [-0.3, -0.25) is 4.79 Å². The van der Waals surface area contributed by atoms with Crippen molar-refractivity contribution in [2.24, 2.45) is 5.41 Å². The van der Waals surface area contributed by atoms with Crippen molar-refractivity contribution in [1.29, 1.82) is 0 Å². The Balaban J connectivity index is 3.97. The number of hydrogen-bond acceptors (Lipinski definition) is 1. The zero-order valence-corrected chi connectivity index (χ0v) is 10.4. The van der Waals surface area contributed by atoms with Gasteiger partial charge in [-0.2, -0.15) is 0 Å². The fraction of sp³-hybridized carbons (Fsp3) is 0.900. The maximum absolute atomic E-state index is 10.3. The molecule has 0 aromatic heterocycles. The van der Waals surface area contributed by atoms with Gasteiger partial charge < -0.3 is 5.11 Å². The first-order chi connectivity index (χ1) is 5.67. The quantitative estimate of drug-likeness (QED) is 0.777. The molecule has 0 aliphatic carbocycles. The van der Waals surface area contributed by atoms with Crippen molar-refractivity contribution < 1.29 is 9.90 Å². The lowest BCUT2D eigenvalue weighted by atomic mass is 9.79. The standard InChI is InChI=1S/C10H19BrO2/c1-9(2,3)10(4,11)7-5-6-8(12)13/h5-7H2,1-4H3,(H,12,13). The van der Waals surface area contributed by atoms with Crippen LogP contribution in [0, 0.1) is 5.41 Å². The van der Waals surface area contributed by atoms with Crippen molar-refractivity contribution in [2.75, 3.05) is 0 Å². The van der Waals surface area contributed by atoms with E-state index in [1.165, 1.54) is 0 Å². The first-order valence-corrected chi connectivity index (χ1v) is 5.37. The number of halogens is 1. The van der Waals surface area contributed by atoms with Gasteiger partial charge in [0.05, 0.1) is 0 Å². The second kappa shape index (κ2) is 4.45. The van der Waals surface area contributed by atoms with Gasteiger partial charge in [-0.25, -0.2) is 0 Å². The van der Waals surface area contributed by atoms with E-state index in [2.05, 4.69) is 43.6 Å². The molecule has 0 heterocycles. The van der Waals surface area contributed by atoms with Crippen LogP contribution in [0.5, 0.6) is 0 Å². The van der Waals surface area contributed by atoms with E-state index in [0.29, 0.717) is 0 Å². The van der Waals surface area contributed by atoms with Crippen molar-refractivity contribution in [3.05, 3.63) is 0 Å². The van der Waals surface area contributed by atoms with Crippen LogP contribution in [0.15, 0.2) is 0 Å². The summed E-state index contributed by atoms with van der Waals surface area (Å²) in [6.07, 6.45) is 1.88. The molecule has 0 spiro atoms. The lowest BCUT2D eigenvalue weighted by Gasteiger charge is -2.36. The molecule has 1 atom stereocenters. The van der Waals surface area contributed by atoms with Crippen LogP contribution in [0.3, 0.4) is 0 Å². The summed E-state index contributed by atoms with van der Waals surface area (Å²) < 4.78 is 0.0233. The Morgan fingerprint density at radius 3 is 2.08 bits per heavy atom. The van der Waals surface area contributed by atoms with Gasteiger partial charge in [0, 0.05) is 10.7 Å². The van der Waals surface area contributed by atoms with E-state index in [4.69, 9.17) is 5.11 Å². The van der Waals surface area contributed by atoms with Gasteiger partial charge in [0.1, 0.15) is 0 Å². The number of alkyl halides is 1. The van der Waals surface area contributed by atoms with Crippen molar-refractivity contribution in [3.63, 3.8) is 0 Å². The van der Waals surface area contributed by atoms with E-state index in [1.54, 1.807) is 0 Å². The third kappa shape index (κ3) is 4.65. The third-order valence-electron chi connectivity index (χ3n) is 2.60. The van der Waals surface area contributed by atoms with E-state index < -0.39 is 5.97 Å². The molecule has 0 rings (SSSR count). The Bertz CT molecular complexity index is 180. The predicted molar refractivity (Wildman–Crippen MR) is 58.3 cm³/mol. The molecular weight excluding hydrogens is 232 g/mol. The molecule has 0 aliphatic rings. The Kier molecular flexibility index (Phi) is 4.43. The average molecular weight is 251 g/mol. The highest BCUT2D eigenvalue weighted by atomic mass is 79.9. The van der Waals surface area contributed by atoms with E-state index in [1.807, 2.05) is 0 Å². The highest BCUT2D eigenvalue weighted by molar-refractivity contribution is 9.10. The molecule has 1 unspecified atom stereocenters. The summed E-state index contributed by atoms with van der Waals surface area (Å²) in [6, 6.07) is 0. The lowest BCUT2D eigenvalue weighted by Crippen LogP contribution is -2.33. The van der Waals surface area contributed by atoms with Crippen LogP contribution in [0.2, 0.25) is 0 Å². The summed E-state index contributed by atoms with van der Waals surface area (Å²) >= 11 is 3.66. The largest absolute Gasteiger partial charge is 0.481 e. The minimum atomic E-state index is -0.711. The monoisotopic (exact) mass is 250 g/mol. The van der Waals surface area contributed by atoms with Crippen LogP contribution in [0.1, 0.15) is 47.0 Å². The smallest absolute Gasteiger partial charge is 0.303 e. The van der Waals surface area contributed by atoms with Gasteiger partial charge in [-0.05, 0) is 25.2 Å². The van der Waals surface area contributed by atoms with Crippen molar-refractivity contribution in [2.45, 2.75) is 51.3 Å². The average Bonchev–Trinajstić information content (AvgIpc) is 1.82. The van der Waals surface area contributed by atoms with Crippen LogP contribution < -0.4 is 0 Å². The highest BCUT2D eigenvalue weighted by Gasteiger charge is 2.34. The first-order valence-electron chi connectivity index (χ1n) is 4.57. The molecule has 78 valence electrons. The van der Waals surface area contributed by atoms with Crippen LogP contribution >= 0.6 is 15.9 Å². The van der Waals surface area contributed by atoms with Crippen LogP contribution in [-0.2, 0) is 4.79 Å². The van der Waals surface area contributed by atoms with Gasteiger partial charge in [-0.1, -0.05) is 36.7 Å². The normalized spacial score (nSPS) is 16.7. The topological polar surface area (TPSA) is 37.3 Å². The van der Waals surface area contributed by atoms with Gasteiger partial charge in [0.15, 0.2) is 0 Å². The SMILES string of the molecule is CC(C)(C)C(C)(Br)CCCC(=O)O. The number of rotatable bonds is 4. The maximum Gasteiger partial charge on any atom is 0.303 e. The van der Waals surface area contributed by atoms with Crippen molar-refractivity contribution in [1.82, 2.24) is 0 Å². The molecule has 0 aromatic carbocycles. The van der Waals surface area contributed by atoms with Crippen LogP contribution in [-0.4, -0.2) is 15.4 Å². The van der Waals surface area contributed by atoms with Gasteiger partial charge >= 0.3 is 5.97 Å². The molecule has 0 bridgehead atoms. The molecule has 0 saturated heterocycles. The lowest BCUT2D eigenvalue weighted by molar-refractivity contribution is -0.137. The van der Waals surface area contributed by atoms with Crippen molar-refractivity contribution >= 4 is 21.9 Å². The number of carbonyl (C=O) groups is 1. The molecule has 0 fully saturated rings. The first kappa shape index (κ1) is 12.9. The molecule has 0 radical (unpaired) electrons. The summed E-state index contributed by atoms with van der Waals surface area (Å²) in [5.41, 5.74) is 0.158. The van der Waals surface area contributed by atoms with Crippen LogP contribution in [0.25, 0.3) is 0 Å². The molecular formula is C10H19BrO2. The van der Waals surface area contributed by atoms with E-state index >= 15 is 0 Å². The number of hydrogen-bond donors (Lipinski definition) is 1. The van der Waals surface area contributed by atoms with Gasteiger partial charge in [0.25, 0.3) is 0 Å². The zero-order chi connectivity index (χ0) is 10.7. The van der Waals surface area contributed by atoms with Gasteiger partial charge in [0.2, 0.25) is 0 Å². The molecule has 13 heavy (non-hydrogen) atoms. The predicted octanol–water partition coefficient (Wildman–Crippen LogP) is 3.44. The van der Waals surface area contributed by atoms with Crippen molar-refractivity contribution in [3.8, 4) is 0 Å². The second-order valence-electron chi connectivity index (χ2n) is 4.69. The molecule has 0 amide bonds. The number of aliphatic carboxylic acids is 1. The molecule has 0 aliphatic heterocycles. The summed E-state index contributed by atoms with van der Waals surface area (Å²) in [4.78, 5) is 10.3. The Morgan fingerprint density at radius 1 is 1.31 bits per heavy atom. The second-order valence-corrected chi connectivity index (χ2v) is 6.44. The Morgan fingerprint density at radius 2 is 1.77 bits per heavy atom. The maximum atomic E-state index is 10.3. The van der Waals surface area contributed by atoms with E-state index in [0.717, 1.165) is 12.8 Å². The zero-order valence-electron chi connectivity index (χ0n) is 8.85. The third-order valence-corrected chi connectivity index (χ3v) is 4.19. The van der Waals surface area contributed by atoms with E-state index in [9.17, 15) is 4.79 Å². The fourth-order valence-electron chi connectivity index (χ4n) is 0.947. The molecule has 0 saturated carbocycles. The summed E-state index contributed by atoms with van der Waals surface area (Å²) in [5.74, 6) is -0.711. The molecule has 1 N–H and O–H groups in total. The minimum Gasteiger partial charge on any atom is -0.481 e. The molecule has 0 aromatic rings. The number of carboxylic acids is 1. The Labute approximate surface area is 88.8 Å². The fourth-order valence-corrected chi connectivity index (χ4v) is 1.23.